The highest BCUT2D eigenvalue weighted by atomic mass is 19.1. The van der Waals surface area contributed by atoms with Crippen molar-refractivity contribution in [1.82, 2.24) is 19.8 Å². The lowest BCUT2D eigenvalue weighted by Crippen LogP contribution is -2.55. The van der Waals surface area contributed by atoms with Gasteiger partial charge in [-0.15, -0.1) is 0 Å². The number of piperidine rings is 2. The summed E-state index contributed by atoms with van der Waals surface area (Å²) in [7, 11) is 6.08. The van der Waals surface area contributed by atoms with Gasteiger partial charge in [-0.05, 0) is 76.9 Å². The van der Waals surface area contributed by atoms with E-state index in [9.17, 15) is 9.18 Å². The van der Waals surface area contributed by atoms with Gasteiger partial charge in [0.25, 0.3) is 0 Å². The third kappa shape index (κ3) is 5.09. The number of aryl methyl sites for hydroxylation is 1. The van der Waals surface area contributed by atoms with Gasteiger partial charge in [-0.3, -0.25) is 4.79 Å². The van der Waals surface area contributed by atoms with Crippen LogP contribution in [0.3, 0.4) is 0 Å². The van der Waals surface area contributed by atoms with Crippen molar-refractivity contribution < 1.29 is 9.18 Å². The normalized spacial score (nSPS) is 23.1. The highest BCUT2D eigenvalue weighted by molar-refractivity contribution is 5.83. The number of amides is 1. The second-order valence-corrected chi connectivity index (χ2v) is 10.9. The number of aromatic nitrogens is 2. The lowest BCUT2D eigenvalue weighted by molar-refractivity contribution is -0.147. The maximum atomic E-state index is 14.2. The molecule has 0 radical (unpaired) electrons. The van der Waals surface area contributed by atoms with Gasteiger partial charge in [0.05, 0.1) is 5.41 Å². The molecule has 2 aliphatic heterocycles. The minimum Gasteiger partial charge on any atom is -0.363 e. The van der Waals surface area contributed by atoms with Crippen LogP contribution < -0.4 is 4.90 Å². The van der Waals surface area contributed by atoms with Gasteiger partial charge in [0.15, 0.2) is 0 Å². The number of anilines is 1. The Kier molecular flexibility index (Phi) is 6.94. The predicted molar refractivity (Wildman–Crippen MR) is 134 cm³/mol. The van der Waals surface area contributed by atoms with Crippen molar-refractivity contribution in [3.63, 3.8) is 0 Å². The number of hydrogen-bond donors (Lipinski definition) is 0. The molecular formula is C27H38FN5O. The van der Waals surface area contributed by atoms with Gasteiger partial charge < -0.3 is 14.7 Å². The quantitative estimate of drug-likeness (QED) is 0.669. The number of halogens is 1. The Labute approximate surface area is 203 Å². The highest BCUT2D eigenvalue weighted by Gasteiger charge is 2.46. The van der Waals surface area contributed by atoms with Crippen LogP contribution in [0.4, 0.5) is 10.2 Å². The first-order chi connectivity index (χ1) is 16.1. The average Bonchev–Trinajstić information content (AvgIpc) is 2.80. The summed E-state index contributed by atoms with van der Waals surface area (Å²) in [4.78, 5) is 30.2. The number of hydrogen-bond acceptors (Lipinski definition) is 5. The van der Waals surface area contributed by atoms with E-state index in [4.69, 9.17) is 9.97 Å². The summed E-state index contributed by atoms with van der Waals surface area (Å²) in [6.45, 7) is 7.30. The molecule has 34 heavy (non-hydrogen) atoms. The van der Waals surface area contributed by atoms with Crippen LogP contribution in [0.25, 0.3) is 0 Å². The largest absolute Gasteiger partial charge is 0.363 e. The molecule has 0 N–H and O–H groups in total. The number of carbonyl (C=O) groups is 1. The zero-order valence-corrected chi connectivity index (χ0v) is 21.3. The minimum atomic E-state index is -0.499. The van der Waals surface area contributed by atoms with Crippen molar-refractivity contribution in [3.05, 3.63) is 53.2 Å². The molecule has 2 aromatic rings. The van der Waals surface area contributed by atoms with E-state index in [1.54, 1.807) is 12.1 Å². The average molecular weight is 468 g/mol. The topological polar surface area (TPSA) is 52.6 Å². The monoisotopic (exact) mass is 467 g/mol. The van der Waals surface area contributed by atoms with Crippen molar-refractivity contribution in [3.8, 4) is 0 Å². The molecule has 1 atom stereocenters. The van der Waals surface area contributed by atoms with Crippen LogP contribution in [0.15, 0.2) is 30.3 Å². The van der Waals surface area contributed by atoms with Crippen LogP contribution in [0, 0.1) is 18.2 Å². The van der Waals surface area contributed by atoms with Crippen molar-refractivity contribution in [1.29, 1.82) is 0 Å². The van der Waals surface area contributed by atoms with E-state index in [0.717, 1.165) is 68.2 Å². The Morgan fingerprint density at radius 2 is 1.85 bits per heavy atom. The lowest BCUT2D eigenvalue weighted by Gasteiger charge is -2.46. The van der Waals surface area contributed by atoms with Gasteiger partial charge in [0, 0.05) is 44.4 Å². The Balaban J connectivity index is 1.62. The number of rotatable bonds is 5. The second-order valence-electron chi connectivity index (χ2n) is 10.9. The maximum absolute atomic E-state index is 14.2. The first-order valence-corrected chi connectivity index (χ1v) is 12.4. The maximum Gasteiger partial charge on any atom is 0.229 e. The molecule has 1 unspecified atom stereocenters. The van der Waals surface area contributed by atoms with E-state index >= 15 is 0 Å². The van der Waals surface area contributed by atoms with Gasteiger partial charge in [-0.2, -0.15) is 0 Å². The minimum absolute atomic E-state index is 0.205. The Morgan fingerprint density at radius 1 is 1.12 bits per heavy atom. The van der Waals surface area contributed by atoms with E-state index in [-0.39, 0.29) is 17.1 Å². The van der Waals surface area contributed by atoms with Gasteiger partial charge in [-0.25, -0.2) is 14.4 Å². The Morgan fingerprint density at radius 3 is 2.53 bits per heavy atom. The molecule has 184 valence electrons. The van der Waals surface area contributed by atoms with Gasteiger partial charge >= 0.3 is 0 Å². The van der Waals surface area contributed by atoms with E-state index in [1.165, 1.54) is 6.07 Å². The molecule has 1 aromatic carbocycles. The van der Waals surface area contributed by atoms with Crippen molar-refractivity contribution >= 4 is 11.7 Å². The van der Waals surface area contributed by atoms with Crippen LogP contribution in [-0.4, -0.2) is 73.0 Å². The van der Waals surface area contributed by atoms with Crippen molar-refractivity contribution in [2.45, 2.75) is 51.4 Å². The second kappa shape index (κ2) is 9.61. The lowest BCUT2D eigenvalue weighted by atomic mass is 9.71. The van der Waals surface area contributed by atoms with Crippen LogP contribution in [0.2, 0.25) is 0 Å². The fourth-order valence-corrected chi connectivity index (χ4v) is 5.53. The number of nitrogens with zero attached hydrogens (tertiary/aromatic N) is 5. The molecule has 0 spiro atoms. The van der Waals surface area contributed by atoms with E-state index < -0.39 is 5.41 Å². The molecule has 2 fully saturated rings. The van der Waals surface area contributed by atoms with Gasteiger partial charge in [0.1, 0.15) is 17.5 Å². The molecule has 1 amide bonds. The fourth-order valence-electron chi connectivity index (χ4n) is 5.53. The van der Waals surface area contributed by atoms with Gasteiger partial charge in [0.2, 0.25) is 5.91 Å². The van der Waals surface area contributed by atoms with Crippen LogP contribution in [-0.2, 0) is 16.6 Å². The number of likely N-dealkylation sites (tertiary alicyclic amines) is 2. The van der Waals surface area contributed by atoms with Crippen LogP contribution >= 0.6 is 0 Å². The summed E-state index contributed by atoms with van der Waals surface area (Å²) in [5.41, 5.74) is 1.04. The molecular weight excluding hydrogens is 429 g/mol. The van der Waals surface area contributed by atoms with Crippen molar-refractivity contribution in [2.75, 3.05) is 52.2 Å². The van der Waals surface area contributed by atoms with Crippen LogP contribution in [0.1, 0.15) is 49.7 Å². The summed E-state index contributed by atoms with van der Waals surface area (Å²) in [6.07, 6.45) is 4.03. The molecule has 4 rings (SSSR count). The number of benzene rings is 1. The van der Waals surface area contributed by atoms with Gasteiger partial charge in [-0.1, -0.05) is 19.1 Å². The van der Waals surface area contributed by atoms with E-state index in [1.807, 2.05) is 38.1 Å². The van der Waals surface area contributed by atoms with E-state index in [0.29, 0.717) is 13.0 Å². The molecule has 0 saturated carbocycles. The summed E-state index contributed by atoms with van der Waals surface area (Å²) < 4.78 is 14.0. The van der Waals surface area contributed by atoms with Crippen molar-refractivity contribution in [2.24, 2.45) is 5.41 Å². The summed E-state index contributed by atoms with van der Waals surface area (Å²) in [5, 5.41) is 0. The third-order valence-electron chi connectivity index (χ3n) is 7.65. The zero-order valence-electron chi connectivity index (χ0n) is 21.3. The summed E-state index contributed by atoms with van der Waals surface area (Å²) in [5.74, 6) is 1.67. The fraction of sp³-hybridized carbons (Fsp3) is 0.593. The molecule has 2 aliphatic rings. The molecule has 1 aromatic heterocycles. The first-order valence-electron chi connectivity index (χ1n) is 12.4. The standard InChI is InChI=1S/C27H38FN5O/c1-20-16-23(31(3)4)30-24(29-20)26(2)10-7-13-33(19-26)25(34)27(11-14-32(5)15-12-27)18-21-8-6-9-22(28)17-21/h6,8-9,16-17H,7,10-15,18-19H2,1-5H3. The first kappa shape index (κ1) is 24.6. The third-order valence-corrected chi connectivity index (χ3v) is 7.65. The molecule has 3 heterocycles. The Bertz CT molecular complexity index is 1030. The zero-order chi connectivity index (χ0) is 24.5. The molecule has 2 saturated heterocycles. The molecule has 7 heteroatoms. The molecule has 6 nitrogen and oxygen atoms in total. The summed E-state index contributed by atoms with van der Waals surface area (Å²) >= 11 is 0. The van der Waals surface area contributed by atoms with E-state index in [2.05, 4.69) is 23.8 Å². The molecule has 0 aliphatic carbocycles. The molecule has 0 bridgehead atoms. The van der Waals surface area contributed by atoms with Crippen LogP contribution in [0.5, 0.6) is 0 Å². The number of carbonyl (C=O) groups excluding carboxylic acids is 1. The predicted octanol–water partition coefficient (Wildman–Crippen LogP) is 3.82. The smallest absolute Gasteiger partial charge is 0.229 e. The summed E-state index contributed by atoms with van der Waals surface area (Å²) in [6, 6.07) is 8.72. The Hall–Kier alpha value is -2.54. The SMILES string of the molecule is Cc1cc(N(C)C)nc(C2(C)CCCN(C(=O)C3(Cc4cccc(F)c4)CCN(C)CC3)C2)n1. The highest BCUT2D eigenvalue weighted by Crippen LogP contribution is 2.40.